The van der Waals surface area contributed by atoms with E-state index in [-0.39, 0.29) is 25.7 Å². The molecule has 1 aliphatic rings. The van der Waals surface area contributed by atoms with Gasteiger partial charge in [-0.3, -0.25) is 4.90 Å². The maximum absolute atomic E-state index is 12.3. The van der Waals surface area contributed by atoms with Crippen LogP contribution in [0.2, 0.25) is 0 Å². The Hall–Kier alpha value is -2.19. The second-order valence-corrected chi connectivity index (χ2v) is 7.71. The summed E-state index contributed by atoms with van der Waals surface area (Å²) in [5, 5.41) is 9.41. The zero-order valence-corrected chi connectivity index (χ0v) is 16.5. The second-order valence-electron chi connectivity index (χ2n) is 7.71. The van der Waals surface area contributed by atoms with Crippen molar-refractivity contribution in [2.24, 2.45) is 0 Å². The molecule has 1 N–H and O–H groups in total. The first kappa shape index (κ1) is 22.1. The smallest absolute Gasteiger partial charge is 0.411 e. The number of nitrogens with zero attached hydrogens (tertiary/aromatic N) is 1. The fraction of sp³-hybridized carbons (Fsp3) is 0.600. The average Bonchev–Trinajstić information content (AvgIpc) is 3.05. The van der Waals surface area contributed by atoms with Crippen LogP contribution in [0.25, 0.3) is 0 Å². The van der Waals surface area contributed by atoms with Gasteiger partial charge in [-0.15, -0.1) is 0 Å². The fourth-order valence-corrected chi connectivity index (χ4v) is 2.86. The third kappa shape index (κ3) is 6.76. The van der Waals surface area contributed by atoms with Crippen molar-refractivity contribution in [3.63, 3.8) is 0 Å². The van der Waals surface area contributed by atoms with E-state index >= 15 is 0 Å². The van der Waals surface area contributed by atoms with Gasteiger partial charge < -0.3 is 19.3 Å². The molecule has 28 heavy (non-hydrogen) atoms. The van der Waals surface area contributed by atoms with Crippen molar-refractivity contribution < 1.29 is 33.3 Å². The summed E-state index contributed by atoms with van der Waals surface area (Å²) in [7, 11) is 0. The molecule has 0 aromatic heterocycles. The average molecular weight is 397 g/mol. The molecule has 1 aromatic carbocycles. The van der Waals surface area contributed by atoms with E-state index < -0.39 is 30.4 Å². The molecule has 2 rings (SSSR count). The van der Waals surface area contributed by atoms with Crippen molar-refractivity contribution in [2.75, 3.05) is 19.8 Å². The summed E-state index contributed by atoms with van der Waals surface area (Å²) >= 11 is 0. The van der Waals surface area contributed by atoms with Gasteiger partial charge in [0, 0.05) is 6.42 Å². The van der Waals surface area contributed by atoms with E-state index in [9.17, 15) is 19.1 Å². The molecule has 0 saturated carbocycles. The number of ether oxygens (including phenoxy) is 3. The Kier molecular flexibility index (Phi) is 7.77. The Morgan fingerprint density at radius 1 is 1.18 bits per heavy atom. The van der Waals surface area contributed by atoms with Crippen LogP contribution in [0.15, 0.2) is 24.3 Å². The Morgan fingerprint density at radius 2 is 1.79 bits per heavy atom. The van der Waals surface area contributed by atoms with Crippen LogP contribution < -0.4 is 0 Å². The maximum atomic E-state index is 12.3. The van der Waals surface area contributed by atoms with Crippen LogP contribution in [0, 0.1) is 0 Å². The first-order valence-corrected chi connectivity index (χ1v) is 9.25. The van der Waals surface area contributed by atoms with E-state index in [2.05, 4.69) is 0 Å². The summed E-state index contributed by atoms with van der Waals surface area (Å²) in [5.41, 5.74) is 1.14. The molecule has 1 aliphatic heterocycles. The normalized spacial score (nSPS) is 19.6. The van der Waals surface area contributed by atoms with Gasteiger partial charge in [-0.25, -0.2) is 14.0 Å². The van der Waals surface area contributed by atoms with E-state index in [4.69, 9.17) is 14.2 Å². The minimum absolute atomic E-state index is 0.0748. The molecule has 1 aromatic rings. The number of hydrogen-bond donors (Lipinski definition) is 1. The number of carbonyl (C=O) groups excluding carboxylic acids is 1. The Labute approximate surface area is 164 Å². The molecule has 1 heterocycles. The number of alkyl halides is 1. The third-order valence-corrected chi connectivity index (χ3v) is 4.17. The lowest BCUT2D eigenvalue weighted by atomic mass is 10.1. The van der Waals surface area contributed by atoms with Gasteiger partial charge in [-0.1, -0.05) is 24.3 Å². The van der Waals surface area contributed by atoms with Gasteiger partial charge in [0.2, 0.25) is 0 Å². The van der Waals surface area contributed by atoms with E-state index in [1.54, 1.807) is 20.8 Å². The van der Waals surface area contributed by atoms with Gasteiger partial charge in [-0.2, -0.15) is 0 Å². The van der Waals surface area contributed by atoms with Crippen molar-refractivity contribution in [3.8, 4) is 0 Å². The lowest BCUT2D eigenvalue weighted by Gasteiger charge is -2.26. The Balaban J connectivity index is 1.88. The molecular formula is C20H28FNO6. The van der Waals surface area contributed by atoms with Crippen molar-refractivity contribution in [2.45, 2.75) is 58.2 Å². The zero-order valence-electron chi connectivity index (χ0n) is 16.5. The van der Waals surface area contributed by atoms with E-state index in [1.165, 1.54) is 4.90 Å². The molecule has 0 spiro atoms. The van der Waals surface area contributed by atoms with Gasteiger partial charge in [-0.05, 0) is 31.9 Å². The number of benzene rings is 1. The van der Waals surface area contributed by atoms with Crippen LogP contribution in [0.3, 0.4) is 0 Å². The van der Waals surface area contributed by atoms with Crippen LogP contribution >= 0.6 is 0 Å². The zero-order chi connectivity index (χ0) is 20.7. The fourth-order valence-electron chi connectivity index (χ4n) is 2.86. The monoisotopic (exact) mass is 397 g/mol. The van der Waals surface area contributed by atoms with Gasteiger partial charge in [0.15, 0.2) is 0 Å². The van der Waals surface area contributed by atoms with Crippen LogP contribution in [-0.4, -0.2) is 59.6 Å². The highest BCUT2D eigenvalue weighted by atomic mass is 19.1. The van der Waals surface area contributed by atoms with Gasteiger partial charge in [0.1, 0.15) is 18.3 Å². The van der Waals surface area contributed by atoms with Crippen LogP contribution in [0.4, 0.5) is 9.18 Å². The number of carboxylic acids is 1. The highest BCUT2D eigenvalue weighted by molar-refractivity contribution is 5.81. The van der Waals surface area contributed by atoms with Gasteiger partial charge >= 0.3 is 12.1 Å². The van der Waals surface area contributed by atoms with E-state index in [0.717, 1.165) is 11.1 Å². The molecule has 0 radical (unpaired) electrons. The molecule has 1 saturated heterocycles. The third-order valence-electron chi connectivity index (χ3n) is 4.17. The minimum Gasteiger partial charge on any atom is -0.480 e. The SMILES string of the molecule is CC(C)(C)OC(=O)N1CC(OCc2ccc(COCCF)cc2)CC1C(=O)O. The number of hydrogen-bond acceptors (Lipinski definition) is 5. The van der Waals surface area contributed by atoms with Gasteiger partial charge in [0.05, 0.1) is 32.5 Å². The molecule has 7 nitrogen and oxygen atoms in total. The summed E-state index contributed by atoms with van der Waals surface area (Å²) in [6.07, 6.45) is -0.825. The quantitative estimate of drug-likeness (QED) is 0.679. The highest BCUT2D eigenvalue weighted by Gasteiger charge is 2.42. The van der Waals surface area contributed by atoms with Crippen molar-refractivity contribution >= 4 is 12.1 Å². The number of carbonyl (C=O) groups is 2. The molecule has 2 unspecified atom stereocenters. The predicted octanol–water partition coefficient (Wildman–Crippen LogP) is 3.15. The molecule has 156 valence electrons. The number of amides is 1. The number of carboxylic acid groups (broad SMARTS) is 1. The van der Waals surface area contributed by atoms with Crippen LogP contribution in [-0.2, 0) is 32.2 Å². The largest absolute Gasteiger partial charge is 0.480 e. The number of halogens is 1. The summed E-state index contributed by atoms with van der Waals surface area (Å²) in [6.45, 7) is 5.58. The van der Waals surface area contributed by atoms with E-state index in [1.807, 2.05) is 24.3 Å². The van der Waals surface area contributed by atoms with Crippen molar-refractivity contribution in [3.05, 3.63) is 35.4 Å². The molecule has 0 bridgehead atoms. The molecule has 1 amide bonds. The first-order valence-electron chi connectivity index (χ1n) is 9.25. The highest BCUT2D eigenvalue weighted by Crippen LogP contribution is 2.24. The van der Waals surface area contributed by atoms with E-state index in [0.29, 0.717) is 13.2 Å². The molecule has 0 aliphatic carbocycles. The topological polar surface area (TPSA) is 85.3 Å². The standard InChI is InChI=1S/C20H28FNO6/c1-20(2,3)28-19(25)22-11-16(10-17(22)18(23)24)27-13-15-6-4-14(5-7-15)12-26-9-8-21/h4-7,16-17H,8-13H2,1-3H3,(H,23,24). The maximum Gasteiger partial charge on any atom is 0.411 e. The summed E-state index contributed by atoms with van der Waals surface area (Å²) in [4.78, 5) is 25.0. The number of rotatable bonds is 8. The lowest BCUT2D eigenvalue weighted by molar-refractivity contribution is -0.142. The number of aliphatic carboxylic acids is 1. The van der Waals surface area contributed by atoms with Crippen LogP contribution in [0.1, 0.15) is 38.3 Å². The van der Waals surface area contributed by atoms with Crippen molar-refractivity contribution in [1.82, 2.24) is 4.90 Å². The first-order chi connectivity index (χ1) is 13.2. The summed E-state index contributed by atoms with van der Waals surface area (Å²) in [6, 6.07) is 6.54. The second kappa shape index (κ2) is 9.84. The molecular weight excluding hydrogens is 369 g/mol. The molecule has 2 atom stereocenters. The molecule has 8 heteroatoms. The molecule has 1 fully saturated rings. The van der Waals surface area contributed by atoms with Crippen LogP contribution in [0.5, 0.6) is 0 Å². The number of likely N-dealkylation sites (tertiary alicyclic amines) is 1. The summed E-state index contributed by atoms with van der Waals surface area (Å²) in [5.74, 6) is -1.07. The summed E-state index contributed by atoms with van der Waals surface area (Å²) < 4.78 is 28.3. The van der Waals surface area contributed by atoms with Crippen molar-refractivity contribution in [1.29, 1.82) is 0 Å². The predicted molar refractivity (Wildman–Crippen MR) is 99.6 cm³/mol. The Morgan fingerprint density at radius 3 is 2.32 bits per heavy atom. The minimum atomic E-state index is -1.07. The Bertz CT molecular complexity index is 658. The lowest BCUT2D eigenvalue weighted by Crippen LogP contribution is -2.43. The van der Waals surface area contributed by atoms with Gasteiger partial charge in [0.25, 0.3) is 0 Å².